The number of hydrogen-bond donors (Lipinski definition) is 1. The molecule has 2 saturated heterocycles. The molecule has 4 nitrogen and oxygen atoms in total. The third kappa shape index (κ3) is 3.43. The predicted molar refractivity (Wildman–Crippen MR) is 107 cm³/mol. The highest BCUT2D eigenvalue weighted by Gasteiger charge is 2.53. The van der Waals surface area contributed by atoms with Crippen LogP contribution in [-0.2, 0) is 11.3 Å². The fourth-order valence-electron chi connectivity index (χ4n) is 4.55. The van der Waals surface area contributed by atoms with Gasteiger partial charge in [-0.05, 0) is 23.6 Å². The number of carbonyl (C=O) groups excluding carboxylic acids is 1. The van der Waals surface area contributed by atoms with E-state index >= 15 is 0 Å². The summed E-state index contributed by atoms with van der Waals surface area (Å²) in [5.74, 6) is 0.320. The summed E-state index contributed by atoms with van der Waals surface area (Å²) < 4.78 is 0. The quantitative estimate of drug-likeness (QED) is 0.889. The predicted octanol–water partition coefficient (Wildman–Crippen LogP) is 2.89. The molecule has 4 rings (SSSR count). The van der Waals surface area contributed by atoms with Crippen LogP contribution in [-0.4, -0.2) is 52.6 Å². The number of piperazine rings is 1. The summed E-state index contributed by atoms with van der Waals surface area (Å²) in [7, 11) is 0. The van der Waals surface area contributed by atoms with Crippen LogP contribution in [0.2, 0.25) is 0 Å². The second kappa shape index (κ2) is 7.67. The third-order valence-corrected chi connectivity index (χ3v) is 5.75. The smallest absolute Gasteiger partial charge is 0.237 e. The summed E-state index contributed by atoms with van der Waals surface area (Å²) in [6.45, 7) is 4.08. The van der Waals surface area contributed by atoms with Crippen molar-refractivity contribution in [1.29, 1.82) is 0 Å². The van der Waals surface area contributed by atoms with Crippen LogP contribution in [0.5, 0.6) is 0 Å². The van der Waals surface area contributed by atoms with E-state index in [0.717, 1.165) is 13.1 Å². The molecule has 4 heteroatoms. The van der Waals surface area contributed by atoms with Gasteiger partial charge < -0.3 is 10.0 Å². The zero-order valence-electron chi connectivity index (χ0n) is 15.7. The van der Waals surface area contributed by atoms with Crippen LogP contribution in [0.25, 0.3) is 6.08 Å². The second-order valence-electron chi connectivity index (χ2n) is 7.47. The van der Waals surface area contributed by atoms with Gasteiger partial charge >= 0.3 is 0 Å². The van der Waals surface area contributed by atoms with E-state index in [1.807, 2.05) is 36.1 Å². The first kappa shape index (κ1) is 18.0. The molecular weight excluding hydrogens is 336 g/mol. The molecule has 0 aromatic heterocycles. The summed E-state index contributed by atoms with van der Waals surface area (Å²) in [5.41, 5.74) is 3.60. The molecule has 0 spiro atoms. The molecule has 1 amide bonds. The lowest BCUT2D eigenvalue weighted by molar-refractivity contribution is -0.162. The van der Waals surface area contributed by atoms with E-state index in [-0.39, 0.29) is 30.5 Å². The average Bonchev–Trinajstić information content (AvgIpc) is 2.66. The van der Waals surface area contributed by atoms with E-state index < -0.39 is 0 Å². The lowest BCUT2D eigenvalue weighted by Crippen LogP contribution is -2.72. The molecule has 2 fully saturated rings. The minimum absolute atomic E-state index is 0.0161. The third-order valence-electron chi connectivity index (χ3n) is 5.75. The van der Waals surface area contributed by atoms with E-state index in [1.165, 1.54) is 16.7 Å². The maximum Gasteiger partial charge on any atom is 0.237 e. The van der Waals surface area contributed by atoms with Crippen molar-refractivity contribution in [3.8, 4) is 0 Å². The minimum Gasteiger partial charge on any atom is -0.394 e. The van der Waals surface area contributed by atoms with Gasteiger partial charge in [-0.3, -0.25) is 9.69 Å². The average molecular weight is 362 g/mol. The first-order chi connectivity index (χ1) is 13.2. The summed E-state index contributed by atoms with van der Waals surface area (Å²) in [6.07, 6.45) is 4.10. The number of aliphatic hydroxyl groups is 1. The van der Waals surface area contributed by atoms with Crippen LogP contribution in [0.15, 0.2) is 60.7 Å². The minimum atomic E-state index is -0.103. The van der Waals surface area contributed by atoms with Crippen molar-refractivity contribution >= 4 is 12.0 Å². The molecule has 2 heterocycles. The number of nitrogens with zero attached hydrogens (tertiary/aromatic N) is 2. The standard InChI is InChI=1S/C23H26N2O2/c1-2-6-17-9-11-19(12-10-17)23-20-14-24(13-18-7-4-3-5-8-18)15-22(27)25(20)21(23)16-26/h2-12,20-21,23,26H,13-16H2,1H3/b6-2+/t20-,21-,23+/m0/s1. The van der Waals surface area contributed by atoms with Gasteiger partial charge in [0.25, 0.3) is 0 Å². The number of carbonyl (C=O) groups is 1. The SMILES string of the molecule is C/C=C/c1ccc([C@H]2[C@H](CO)N3C(=O)CN(Cc4ccccc4)C[C@@H]23)cc1. The molecule has 0 unspecified atom stereocenters. The molecule has 27 heavy (non-hydrogen) atoms. The molecule has 0 aliphatic carbocycles. The van der Waals surface area contributed by atoms with E-state index in [4.69, 9.17) is 0 Å². The Kier molecular flexibility index (Phi) is 5.10. The fourth-order valence-corrected chi connectivity index (χ4v) is 4.55. The van der Waals surface area contributed by atoms with Gasteiger partial charge in [0.1, 0.15) is 0 Å². The Balaban J connectivity index is 1.53. The highest BCUT2D eigenvalue weighted by Crippen LogP contribution is 2.43. The Morgan fingerprint density at radius 2 is 1.85 bits per heavy atom. The van der Waals surface area contributed by atoms with Gasteiger partial charge in [0.15, 0.2) is 0 Å². The van der Waals surface area contributed by atoms with Crippen molar-refractivity contribution in [2.45, 2.75) is 31.5 Å². The van der Waals surface area contributed by atoms with Crippen molar-refractivity contribution < 1.29 is 9.90 Å². The van der Waals surface area contributed by atoms with Crippen molar-refractivity contribution in [1.82, 2.24) is 9.80 Å². The van der Waals surface area contributed by atoms with Gasteiger partial charge in [0.05, 0.1) is 25.2 Å². The fraction of sp³-hybridized carbons (Fsp3) is 0.348. The van der Waals surface area contributed by atoms with Gasteiger partial charge in [0, 0.05) is 19.0 Å². The summed E-state index contributed by atoms with van der Waals surface area (Å²) >= 11 is 0. The largest absolute Gasteiger partial charge is 0.394 e. The normalized spacial score (nSPS) is 25.5. The maximum atomic E-state index is 12.7. The van der Waals surface area contributed by atoms with Gasteiger partial charge in [-0.25, -0.2) is 0 Å². The number of benzene rings is 2. The molecule has 2 aromatic rings. The number of rotatable bonds is 5. The molecule has 0 bridgehead atoms. The summed E-state index contributed by atoms with van der Waals surface area (Å²) in [4.78, 5) is 16.8. The van der Waals surface area contributed by atoms with E-state index in [0.29, 0.717) is 6.54 Å². The molecular formula is C23H26N2O2. The van der Waals surface area contributed by atoms with Crippen molar-refractivity contribution in [3.05, 3.63) is 77.4 Å². The Morgan fingerprint density at radius 1 is 1.11 bits per heavy atom. The first-order valence-corrected chi connectivity index (χ1v) is 9.62. The zero-order valence-corrected chi connectivity index (χ0v) is 15.7. The van der Waals surface area contributed by atoms with Gasteiger partial charge in [-0.15, -0.1) is 0 Å². The van der Waals surface area contributed by atoms with E-state index in [9.17, 15) is 9.90 Å². The Labute approximate surface area is 160 Å². The monoisotopic (exact) mass is 362 g/mol. The van der Waals surface area contributed by atoms with Gasteiger partial charge in [0.2, 0.25) is 5.91 Å². The molecule has 3 atom stereocenters. The molecule has 140 valence electrons. The zero-order chi connectivity index (χ0) is 18.8. The molecule has 2 aliphatic heterocycles. The highest BCUT2D eigenvalue weighted by atomic mass is 16.3. The van der Waals surface area contributed by atoms with Crippen molar-refractivity contribution in [2.24, 2.45) is 0 Å². The maximum absolute atomic E-state index is 12.7. The molecule has 0 saturated carbocycles. The molecule has 2 aliphatic rings. The number of aliphatic hydroxyl groups excluding tert-OH is 1. The lowest BCUT2D eigenvalue weighted by Gasteiger charge is -2.59. The van der Waals surface area contributed by atoms with Crippen LogP contribution in [0.3, 0.4) is 0 Å². The number of allylic oxidation sites excluding steroid dienone is 1. The highest BCUT2D eigenvalue weighted by molar-refractivity contribution is 5.81. The lowest BCUT2D eigenvalue weighted by atomic mass is 9.73. The number of hydrogen-bond acceptors (Lipinski definition) is 3. The number of fused-ring (bicyclic) bond motifs is 1. The second-order valence-corrected chi connectivity index (χ2v) is 7.47. The molecule has 0 radical (unpaired) electrons. The van der Waals surface area contributed by atoms with Crippen molar-refractivity contribution in [3.63, 3.8) is 0 Å². The van der Waals surface area contributed by atoms with Crippen LogP contribution < -0.4 is 0 Å². The Hall–Kier alpha value is -2.43. The van der Waals surface area contributed by atoms with Crippen molar-refractivity contribution in [2.75, 3.05) is 19.7 Å². The van der Waals surface area contributed by atoms with E-state index in [2.05, 4.69) is 47.4 Å². The van der Waals surface area contributed by atoms with Gasteiger partial charge in [-0.2, -0.15) is 0 Å². The Morgan fingerprint density at radius 3 is 2.52 bits per heavy atom. The number of amides is 1. The molecule has 1 N–H and O–H groups in total. The Bertz CT molecular complexity index is 816. The first-order valence-electron chi connectivity index (χ1n) is 9.62. The topological polar surface area (TPSA) is 43.8 Å². The van der Waals surface area contributed by atoms with Crippen LogP contribution >= 0.6 is 0 Å². The molecule has 2 aromatic carbocycles. The summed E-state index contributed by atoms with van der Waals surface area (Å²) in [5, 5.41) is 9.90. The summed E-state index contributed by atoms with van der Waals surface area (Å²) in [6, 6.07) is 18.8. The van der Waals surface area contributed by atoms with Crippen LogP contribution in [0, 0.1) is 0 Å². The van der Waals surface area contributed by atoms with Gasteiger partial charge in [-0.1, -0.05) is 66.7 Å². The van der Waals surface area contributed by atoms with E-state index in [1.54, 1.807) is 0 Å². The van der Waals surface area contributed by atoms with Crippen LogP contribution in [0.1, 0.15) is 29.5 Å². The van der Waals surface area contributed by atoms with Crippen LogP contribution in [0.4, 0.5) is 0 Å².